The van der Waals surface area contributed by atoms with E-state index in [1.54, 1.807) is 22.6 Å². The van der Waals surface area contributed by atoms with Crippen molar-refractivity contribution in [1.82, 2.24) is 39.9 Å². The van der Waals surface area contributed by atoms with Crippen molar-refractivity contribution in [2.45, 2.75) is 57.7 Å². The summed E-state index contributed by atoms with van der Waals surface area (Å²) >= 11 is 1.70. The Hall–Kier alpha value is -3.25. The fraction of sp³-hybridized carbons (Fsp3) is 0.520. The summed E-state index contributed by atoms with van der Waals surface area (Å²) in [6.07, 6.45) is 2.57. The van der Waals surface area contributed by atoms with Gasteiger partial charge in [0, 0.05) is 49.6 Å². The molecule has 1 aliphatic rings. The number of nitrogens with zero attached hydrogens (tertiary/aromatic N) is 8. The summed E-state index contributed by atoms with van der Waals surface area (Å²) < 4.78 is 12.5. The van der Waals surface area contributed by atoms with Crippen LogP contribution >= 0.6 is 11.8 Å². The maximum Gasteiger partial charge on any atom is 0.263 e. The largest absolute Gasteiger partial charge is 0.361 e. The van der Waals surface area contributed by atoms with E-state index < -0.39 is 0 Å². The molecule has 5 heterocycles. The second kappa shape index (κ2) is 10.3. The average Bonchev–Trinajstić information content (AvgIpc) is 3.45. The fourth-order valence-corrected chi connectivity index (χ4v) is 5.90. The molecule has 1 saturated heterocycles. The van der Waals surface area contributed by atoms with E-state index in [0.29, 0.717) is 47.9 Å². The van der Waals surface area contributed by atoms with Gasteiger partial charge in [-0.1, -0.05) is 24.2 Å². The molecule has 0 aromatic carbocycles. The molecule has 37 heavy (non-hydrogen) atoms. The Kier molecular flexibility index (Phi) is 7.04. The third-order valence-electron chi connectivity index (χ3n) is 6.52. The molecule has 0 bridgehead atoms. The van der Waals surface area contributed by atoms with Gasteiger partial charge in [-0.05, 0) is 27.2 Å². The topological polar surface area (TPSA) is 119 Å². The van der Waals surface area contributed by atoms with Crippen LogP contribution in [0.2, 0.25) is 0 Å². The summed E-state index contributed by atoms with van der Waals surface area (Å²) in [4.78, 5) is 28.1. The van der Waals surface area contributed by atoms with Gasteiger partial charge < -0.3 is 13.9 Å². The van der Waals surface area contributed by atoms with Crippen LogP contribution in [0.1, 0.15) is 53.6 Å². The van der Waals surface area contributed by atoms with Crippen molar-refractivity contribution in [3.05, 3.63) is 34.7 Å². The van der Waals surface area contributed by atoms with E-state index in [4.69, 9.17) is 9.05 Å². The van der Waals surface area contributed by atoms with Crippen molar-refractivity contribution in [2.24, 2.45) is 7.05 Å². The molecule has 196 valence electrons. The number of carbonyl (C=O) groups is 1. The molecule has 1 amide bonds. The number of hydrogen-bond donors (Lipinski definition) is 0. The van der Waals surface area contributed by atoms with Crippen LogP contribution in [-0.2, 0) is 13.6 Å². The SMILES string of the molecule is Cc1noc(C)c1-c1nc(CN2CCCN(C(=O)c3cnc4c(c(C)nn4C)c3SC(C)C)CC2)no1. The van der Waals surface area contributed by atoms with Gasteiger partial charge in [0.1, 0.15) is 11.3 Å². The molecule has 0 aliphatic carbocycles. The van der Waals surface area contributed by atoms with Gasteiger partial charge in [0.25, 0.3) is 11.8 Å². The normalized spacial score (nSPS) is 15.2. The summed E-state index contributed by atoms with van der Waals surface area (Å²) in [5, 5.41) is 14.0. The molecule has 11 nitrogen and oxygen atoms in total. The summed E-state index contributed by atoms with van der Waals surface area (Å²) in [6.45, 7) is 13.3. The number of rotatable bonds is 6. The number of pyridine rings is 1. The monoisotopic (exact) mass is 524 g/mol. The van der Waals surface area contributed by atoms with Crippen molar-refractivity contribution >= 4 is 28.7 Å². The molecule has 5 rings (SSSR count). The minimum atomic E-state index is 0.0166. The summed E-state index contributed by atoms with van der Waals surface area (Å²) in [6, 6.07) is 0. The first-order valence-electron chi connectivity index (χ1n) is 12.5. The van der Waals surface area contributed by atoms with Crippen LogP contribution < -0.4 is 0 Å². The van der Waals surface area contributed by atoms with Crippen LogP contribution in [0.15, 0.2) is 20.1 Å². The van der Waals surface area contributed by atoms with Crippen molar-refractivity contribution < 1.29 is 13.8 Å². The Morgan fingerprint density at radius 1 is 1.08 bits per heavy atom. The predicted molar refractivity (Wildman–Crippen MR) is 139 cm³/mol. The minimum Gasteiger partial charge on any atom is -0.361 e. The lowest BCUT2D eigenvalue weighted by Crippen LogP contribution is -2.35. The van der Waals surface area contributed by atoms with Gasteiger partial charge in [-0.15, -0.1) is 11.8 Å². The summed E-state index contributed by atoms with van der Waals surface area (Å²) in [7, 11) is 1.89. The zero-order chi connectivity index (χ0) is 26.3. The number of amides is 1. The molecule has 0 unspecified atom stereocenters. The Morgan fingerprint density at radius 3 is 2.62 bits per heavy atom. The van der Waals surface area contributed by atoms with Crippen molar-refractivity contribution in [3.8, 4) is 11.5 Å². The van der Waals surface area contributed by atoms with Gasteiger partial charge in [-0.2, -0.15) is 10.1 Å². The van der Waals surface area contributed by atoms with Gasteiger partial charge in [-0.3, -0.25) is 14.4 Å². The Balaban J connectivity index is 1.31. The molecule has 1 aliphatic heterocycles. The third kappa shape index (κ3) is 4.99. The standard InChI is InChI=1S/C25H32N8O3S/c1-14(2)37-22-18(12-26-23-21(22)15(3)28-31(23)6)25(34)33-9-7-8-32(10-11-33)13-19-27-24(36-30-19)20-16(4)29-35-17(20)5/h12,14H,7-11,13H2,1-6H3. The highest BCUT2D eigenvalue weighted by atomic mass is 32.2. The van der Waals surface area contributed by atoms with Crippen LogP contribution in [0, 0.1) is 20.8 Å². The van der Waals surface area contributed by atoms with E-state index in [1.165, 1.54) is 0 Å². The van der Waals surface area contributed by atoms with Crippen LogP contribution in [-0.4, -0.2) is 77.2 Å². The molecule has 0 saturated carbocycles. The molecular formula is C25H32N8O3S. The highest BCUT2D eigenvalue weighted by Crippen LogP contribution is 2.35. The van der Waals surface area contributed by atoms with Crippen LogP contribution in [0.4, 0.5) is 0 Å². The van der Waals surface area contributed by atoms with E-state index in [-0.39, 0.29) is 5.91 Å². The third-order valence-corrected chi connectivity index (χ3v) is 7.65. The maximum atomic E-state index is 13.8. The van der Waals surface area contributed by atoms with E-state index in [1.807, 2.05) is 32.7 Å². The Morgan fingerprint density at radius 2 is 1.89 bits per heavy atom. The van der Waals surface area contributed by atoms with E-state index in [0.717, 1.165) is 52.4 Å². The van der Waals surface area contributed by atoms with Gasteiger partial charge in [0.2, 0.25) is 0 Å². The van der Waals surface area contributed by atoms with E-state index in [9.17, 15) is 4.79 Å². The van der Waals surface area contributed by atoms with Gasteiger partial charge in [0.05, 0.1) is 28.9 Å². The molecule has 0 N–H and O–H groups in total. The molecule has 4 aromatic heterocycles. The number of aromatic nitrogens is 6. The molecule has 0 atom stereocenters. The highest BCUT2D eigenvalue weighted by Gasteiger charge is 2.27. The molecule has 0 spiro atoms. The van der Waals surface area contributed by atoms with Crippen molar-refractivity contribution in [2.75, 3.05) is 26.2 Å². The fourth-order valence-electron chi connectivity index (χ4n) is 4.80. The number of thioether (sulfide) groups is 1. The Labute approximate surface area is 219 Å². The molecular weight excluding hydrogens is 492 g/mol. The quantitative estimate of drug-likeness (QED) is 0.345. The number of fused-ring (bicyclic) bond motifs is 1. The summed E-state index contributed by atoms with van der Waals surface area (Å²) in [5.41, 5.74) is 3.81. The Bertz CT molecular complexity index is 1420. The number of aryl methyl sites for hydroxylation is 4. The zero-order valence-corrected chi connectivity index (χ0v) is 22.9. The van der Waals surface area contributed by atoms with Crippen LogP contribution in [0.5, 0.6) is 0 Å². The van der Waals surface area contributed by atoms with E-state index in [2.05, 4.69) is 44.1 Å². The zero-order valence-electron chi connectivity index (χ0n) is 22.1. The van der Waals surface area contributed by atoms with Gasteiger partial charge in [0.15, 0.2) is 11.5 Å². The van der Waals surface area contributed by atoms with Crippen LogP contribution in [0.3, 0.4) is 0 Å². The van der Waals surface area contributed by atoms with Crippen molar-refractivity contribution in [1.29, 1.82) is 0 Å². The lowest BCUT2D eigenvalue weighted by atomic mass is 10.1. The first-order valence-corrected chi connectivity index (χ1v) is 13.4. The first-order chi connectivity index (χ1) is 17.7. The lowest BCUT2D eigenvalue weighted by Gasteiger charge is -2.23. The van der Waals surface area contributed by atoms with Gasteiger partial charge in [-0.25, -0.2) is 4.98 Å². The minimum absolute atomic E-state index is 0.0166. The maximum absolute atomic E-state index is 13.8. The predicted octanol–water partition coefficient (Wildman–Crippen LogP) is 3.78. The van der Waals surface area contributed by atoms with Gasteiger partial charge >= 0.3 is 0 Å². The smallest absolute Gasteiger partial charge is 0.263 e. The molecule has 4 aromatic rings. The highest BCUT2D eigenvalue weighted by molar-refractivity contribution is 8.00. The second-order valence-corrected chi connectivity index (χ2v) is 11.3. The molecule has 0 radical (unpaired) electrons. The van der Waals surface area contributed by atoms with Crippen molar-refractivity contribution in [3.63, 3.8) is 0 Å². The average molecular weight is 525 g/mol. The molecule has 12 heteroatoms. The second-order valence-electron chi connectivity index (χ2n) is 9.71. The van der Waals surface area contributed by atoms with E-state index >= 15 is 0 Å². The summed E-state index contributed by atoms with van der Waals surface area (Å²) in [5.74, 6) is 1.69. The molecule has 1 fully saturated rings. The lowest BCUT2D eigenvalue weighted by molar-refractivity contribution is 0.0757. The number of hydrogen-bond acceptors (Lipinski definition) is 10. The van der Waals surface area contributed by atoms with Crippen LogP contribution in [0.25, 0.3) is 22.5 Å². The number of carbonyl (C=O) groups excluding carboxylic acids is 1. The first kappa shape index (κ1) is 25.4.